The number of rotatable bonds is 5. The summed E-state index contributed by atoms with van der Waals surface area (Å²) in [6, 6.07) is 0. The van der Waals surface area contributed by atoms with Gasteiger partial charge in [-0.2, -0.15) is 13.2 Å². The Morgan fingerprint density at radius 2 is 2.12 bits per heavy atom. The molecule has 0 bridgehead atoms. The molecule has 0 aromatic heterocycles. The Kier molecular flexibility index (Phi) is 4.58. The third-order valence-electron chi connectivity index (χ3n) is 2.85. The predicted molar refractivity (Wildman–Crippen MR) is 52.1 cm³/mol. The minimum atomic E-state index is -4.10. The second-order valence-electron chi connectivity index (χ2n) is 4.25. The first-order valence-corrected chi connectivity index (χ1v) is 5.38. The Labute approximate surface area is 92.2 Å². The van der Waals surface area contributed by atoms with E-state index < -0.39 is 18.6 Å². The van der Waals surface area contributed by atoms with Crippen molar-refractivity contribution in [1.29, 1.82) is 0 Å². The lowest BCUT2D eigenvalue weighted by Gasteiger charge is -2.16. The molecule has 1 heterocycles. The average Bonchev–Trinajstić information content (AvgIpc) is 2.58. The lowest BCUT2D eigenvalue weighted by molar-refractivity contribution is -0.137. The number of carbonyl (C=O) groups is 1. The number of carboxylic acid groups (broad SMARTS) is 1. The van der Waals surface area contributed by atoms with Crippen molar-refractivity contribution in [1.82, 2.24) is 4.90 Å². The Bertz CT molecular complexity index is 243. The van der Waals surface area contributed by atoms with Crippen LogP contribution in [0.5, 0.6) is 0 Å². The van der Waals surface area contributed by atoms with E-state index in [1.165, 1.54) is 0 Å². The molecule has 1 saturated heterocycles. The van der Waals surface area contributed by atoms with Gasteiger partial charge in [0.15, 0.2) is 0 Å². The molecule has 0 aromatic carbocycles. The van der Waals surface area contributed by atoms with E-state index in [0.29, 0.717) is 19.5 Å². The topological polar surface area (TPSA) is 40.5 Å². The van der Waals surface area contributed by atoms with Gasteiger partial charge in [0, 0.05) is 19.5 Å². The second kappa shape index (κ2) is 5.52. The van der Waals surface area contributed by atoms with Gasteiger partial charge in [-0.15, -0.1) is 0 Å². The molecule has 0 spiro atoms. The predicted octanol–water partition coefficient (Wildman–Crippen LogP) is 2.13. The fraction of sp³-hybridized carbons (Fsp3) is 0.900. The highest BCUT2D eigenvalue weighted by molar-refractivity contribution is 5.66. The van der Waals surface area contributed by atoms with Crippen molar-refractivity contribution in [2.75, 3.05) is 19.6 Å². The minimum Gasteiger partial charge on any atom is -0.481 e. The molecule has 1 aliphatic heterocycles. The Hall–Kier alpha value is -0.780. The molecule has 16 heavy (non-hydrogen) atoms. The van der Waals surface area contributed by atoms with Crippen LogP contribution < -0.4 is 0 Å². The van der Waals surface area contributed by atoms with Crippen molar-refractivity contribution in [3.8, 4) is 0 Å². The highest BCUT2D eigenvalue weighted by atomic mass is 19.4. The largest absolute Gasteiger partial charge is 0.481 e. The van der Waals surface area contributed by atoms with Crippen LogP contribution in [0.1, 0.15) is 25.7 Å². The van der Waals surface area contributed by atoms with Crippen molar-refractivity contribution >= 4 is 5.97 Å². The summed E-state index contributed by atoms with van der Waals surface area (Å²) in [7, 11) is 0. The van der Waals surface area contributed by atoms with Gasteiger partial charge in [-0.05, 0) is 25.3 Å². The molecule has 1 rings (SSSR count). The monoisotopic (exact) mass is 239 g/mol. The Morgan fingerprint density at radius 3 is 2.69 bits per heavy atom. The molecule has 1 aliphatic rings. The number of carboxylic acids is 1. The number of aliphatic carboxylic acids is 1. The maximum Gasteiger partial charge on any atom is 0.390 e. The highest BCUT2D eigenvalue weighted by Gasteiger charge is 2.30. The summed E-state index contributed by atoms with van der Waals surface area (Å²) in [6.45, 7) is 1.29. The SMILES string of the molecule is O=C(O)CCC1CCN(CCC(F)(F)F)C1. The van der Waals surface area contributed by atoms with Gasteiger partial charge in [0.25, 0.3) is 0 Å². The van der Waals surface area contributed by atoms with Crippen LogP contribution in [0.3, 0.4) is 0 Å². The molecule has 0 saturated carbocycles. The number of halogens is 3. The van der Waals surface area contributed by atoms with Gasteiger partial charge in [-0.1, -0.05) is 0 Å². The third-order valence-corrected chi connectivity index (χ3v) is 2.85. The standard InChI is InChI=1S/C10H16F3NO2/c11-10(12,13)4-6-14-5-3-8(7-14)1-2-9(15)16/h8H,1-7H2,(H,15,16). The van der Waals surface area contributed by atoms with Crippen LogP contribution in [-0.4, -0.2) is 41.8 Å². The highest BCUT2D eigenvalue weighted by Crippen LogP contribution is 2.24. The summed E-state index contributed by atoms with van der Waals surface area (Å²) in [5.41, 5.74) is 0. The fourth-order valence-electron chi connectivity index (χ4n) is 1.96. The van der Waals surface area contributed by atoms with Gasteiger partial charge in [-0.3, -0.25) is 4.79 Å². The van der Waals surface area contributed by atoms with Gasteiger partial charge < -0.3 is 10.0 Å². The molecule has 0 aliphatic carbocycles. The molecule has 1 atom stereocenters. The van der Waals surface area contributed by atoms with Crippen molar-refractivity contribution in [3.63, 3.8) is 0 Å². The molecular weight excluding hydrogens is 223 g/mol. The third kappa shape index (κ3) is 5.34. The first kappa shape index (κ1) is 13.3. The molecule has 3 nitrogen and oxygen atoms in total. The van der Waals surface area contributed by atoms with Gasteiger partial charge in [-0.25, -0.2) is 0 Å². The van der Waals surface area contributed by atoms with E-state index in [9.17, 15) is 18.0 Å². The van der Waals surface area contributed by atoms with E-state index in [1.54, 1.807) is 4.90 Å². The number of likely N-dealkylation sites (tertiary alicyclic amines) is 1. The summed E-state index contributed by atoms with van der Waals surface area (Å²) < 4.78 is 35.9. The Balaban J connectivity index is 2.17. The Morgan fingerprint density at radius 1 is 1.44 bits per heavy atom. The molecule has 94 valence electrons. The fourth-order valence-corrected chi connectivity index (χ4v) is 1.96. The van der Waals surface area contributed by atoms with Crippen LogP contribution in [0, 0.1) is 5.92 Å². The van der Waals surface area contributed by atoms with E-state index >= 15 is 0 Å². The zero-order valence-electron chi connectivity index (χ0n) is 8.96. The molecule has 1 fully saturated rings. The van der Waals surface area contributed by atoms with Crippen LogP contribution in [-0.2, 0) is 4.79 Å². The summed E-state index contributed by atoms with van der Waals surface area (Å²) in [4.78, 5) is 12.1. The number of hydrogen-bond donors (Lipinski definition) is 1. The van der Waals surface area contributed by atoms with Gasteiger partial charge in [0.1, 0.15) is 0 Å². The quantitative estimate of drug-likeness (QED) is 0.799. The normalized spacial score (nSPS) is 22.6. The summed E-state index contributed by atoms with van der Waals surface area (Å²) in [5, 5.41) is 8.49. The van der Waals surface area contributed by atoms with Crippen molar-refractivity contribution in [2.45, 2.75) is 31.9 Å². The number of nitrogens with zero attached hydrogens (tertiary/aromatic N) is 1. The average molecular weight is 239 g/mol. The van der Waals surface area contributed by atoms with E-state index in [-0.39, 0.29) is 18.9 Å². The number of alkyl halides is 3. The van der Waals surface area contributed by atoms with Gasteiger partial charge >= 0.3 is 12.1 Å². The van der Waals surface area contributed by atoms with Crippen LogP contribution >= 0.6 is 0 Å². The first-order valence-electron chi connectivity index (χ1n) is 5.38. The van der Waals surface area contributed by atoms with Crippen LogP contribution in [0.4, 0.5) is 13.2 Å². The molecule has 1 N–H and O–H groups in total. The molecule has 1 unspecified atom stereocenters. The van der Waals surface area contributed by atoms with Crippen molar-refractivity contribution in [2.24, 2.45) is 5.92 Å². The molecule has 6 heteroatoms. The smallest absolute Gasteiger partial charge is 0.390 e. The lowest BCUT2D eigenvalue weighted by Crippen LogP contribution is -2.26. The van der Waals surface area contributed by atoms with Gasteiger partial charge in [0.2, 0.25) is 0 Å². The maximum atomic E-state index is 12.0. The van der Waals surface area contributed by atoms with E-state index in [1.807, 2.05) is 0 Å². The lowest BCUT2D eigenvalue weighted by atomic mass is 10.0. The molecule has 0 amide bonds. The van der Waals surface area contributed by atoms with E-state index in [0.717, 1.165) is 6.42 Å². The maximum absolute atomic E-state index is 12.0. The second-order valence-corrected chi connectivity index (χ2v) is 4.25. The number of hydrogen-bond acceptors (Lipinski definition) is 2. The first-order chi connectivity index (χ1) is 7.37. The zero-order valence-corrected chi connectivity index (χ0v) is 8.96. The minimum absolute atomic E-state index is 0.0348. The van der Waals surface area contributed by atoms with E-state index in [2.05, 4.69) is 0 Å². The van der Waals surface area contributed by atoms with Crippen LogP contribution in [0.25, 0.3) is 0 Å². The zero-order chi connectivity index (χ0) is 12.2. The van der Waals surface area contributed by atoms with Crippen LogP contribution in [0.2, 0.25) is 0 Å². The summed E-state index contributed by atoms with van der Waals surface area (Å²) in [6.07, 6.45) is -3.39. The van der Waals surface area contributed by atoms with Crippen molar-refractivity contribution < 1.29 is 23.1 Å². The van der Waals surface area contributed by atoms with Crippen molar-refractivity contribution in [3.05, 3.63) is 0 Å². The van der Waals surface area contributed by atoms with E-state index in [4.69, 9.17) is 5.11 Å². The summed E-state index contributed by atoms with van der Waals surface area (Å²) >= 11 is 0. The molecule has 0 radical (unpaired) electrons. The van der Waals surface area contributed by atoms with Gasteiger partial charge in [0.05, 0.1) is 6.42 Å². The molecular formula is C10H16F3NO2. The molecule has 0 aromatic rings. The van der Waals surface area contributed by atoms with Crippen LogP contribution in [0.15, 0.2) is 0 Å². The summed E-state index contributed by atoms with van der Waals surface area (Å²) in [5.74, 6) is -0.599.